The van der Waals surface area contributed by atoms with E-state index in [-0.39, 0.29) is 17.6 Å². The van der Waals surface area contributed by atoms with Crippen molar-refractivity contribution in [3.05, 3.63) is 11.7 Å². The van der Waals surface area contributed by atoms with E-state index in [1.165, 1.54) is 0 Å². The molecule has 0 spiro atoms. The Kier molecular flexibility index (Phi) is 6.09. The summed E-state index contributed by atoms with van der Waals surface area (Å²) in [4.78, 5) is 3.92. The molecule has 2 unspecified atom stereocenters. The van der Waals surface area contributed by atoms with Crippen LogP contribution in [0.5, 0.6) is 0 Å². The predicted molar refractivity (Wildman–Crippen MR) is 64.2 cm³/mol. The first kappa shape index (κ1) is 17.8. The summed E-state index contributed by atoms with van der Waals surface area (Å²) in [5.74, 6) is -4.50. The summed E-state index contributed by atoms with van der Waals surface area (Å²) >= 11 is 0. The zero-order chi connectivity index (χ0) is 16.2. The third-order valence-corrected chi connectivity index (χ3v) is 2.85. The summed E-state index contributed by atoms with van der Waals surface area (Å²) in [6.07, 6.45) is -4.53. The van der Waals surface area contributed by atoms with E-state index in [0.717, 1.165) is 0 Å². The van der Waals surface area contributed by atoms with Gasteiger partial charge in [0.25, 0.3) is 0 Å². The molecule has 0 amide bonds. The molecule has 0 saturated heterocycles. The fraction of sp³-hybridized carbons (Fsp3) is 0.833. The number of hydrogen-bond donors (Lipinski definition) is 1. The first-order valence-corrected chi connectivity index (χ1v) is 6.39. The van der Waals surface area contributed by atoms with Gasteiger partial charge in [0.2, 0.25) is 5.89 Å². The highest BCUT2D eigenvalue weighted by atomic mass is 19.3. The van der Waals surface area contributed by atoms with Crippen LogP contribution in [-0.4, -0.2) is 40.3 Å². The number of ether oxygens (including phenoxy) is 1. The minimum absolute atomic E-state index is 0.0161. The highest BCUT2D eigenvalue weighted by Crippen LogP contribution is 2.27. The van der Waals surface area contributed by atoms with Crippen molar-refractivity contribution in [2.24, 2.45) is 5.92 Å². The minimum Gasteiger partial charge on any atom is -0.393 e. The van der Waals surface area contributed by atoms with E-state index < -0.39 is 37.6 Å². The molecule has 0 fully saturated rings. The van der Waals surface area contributed by atoms with Gasteiger partial charge in [-0.3, -0.25) is 0 Å². The lowest BCUT2D eigenvalue weighted by atomic mass is 9.91. The molecule has 1 N–H and O–H groups in total. The van der Waals surface area contributed by atoms with Crippen molar-refractivity contribution in [1.29, 1.82) is 0 Å². The van der Waals surface area contributed by atoms with Crippen LogP contribution in [0, 0.1) is 5.92 Å². The lowest BCUT2D eigenvalue weighted by Gasteiger charge is -2.19. The largest absolute Gasteiger partial charge is 0.393 e. The van der Waals surface area contributed by atoms with Crippen LogP contribution in [0.3, 0.4) is 0 Å². The van der Waals surface area contributed by atoms with Gasteiger partial charge in [0.05, 0.1) is 12.0 Å². The van der Waals surface area contributed by atoms with Crippen LogP contribution in [0.15, 0.2) is 4.52 Å². The van der Waals surface area contributed by atoms with Crippen molar-refractivity contribution in [2.45, 2.75) is 51.7 Å². The highest BCUT2D eigenvalue weighted by Gasteiger charge is 2.41. The minimum atomic E-state index is -4.22. The van der Waals surface area contributed by atoms with Gasteiger partial charge in [-0.1, -0.05) is 19.0 Å². The van der Waals surface area contributed by atoms with Gasteiger partial charge in [0.1, 0.15) is 13.2 Å². The molecule has 1 rings (SSSR count). The van der Waals surface area contributed by atoms with Crippen molar-refractivity contribution in [1.82, 2.24) is 10.1 Å². The summed E-state index contributed by atoms with van der Waals surface area (Å²) in [7, 11) is 0. The summed E-state index contributed by atoms with van der Waals surface area (Å²) in [5.41, 5.74) is 0. The maximum Gasteiger partial charge on any atom is 0.330 e. The third kappa shape index (κ3) is 4.92. The van der Waals surface area contributed by atoms with Crippen LogP contribution in [0.2, 0.25) is 0 Å². The average molecular weight is 314 g/mol. The number of alkyl halides is 4. The fourth-order valence-corrected chi connectivity index (χ4v) is 1.85. The average Bonchev–Trinajstić information content (AvgIpc) is 2.76. The Hall–Kier alpha value is -1.22. The fourth-order valence-electron chi connectivity index (χ4n) is 1.85. The molecule has 0 aliphatic carbocycles. The molecule has 0 aliphatic rings. The Balaban J connectivity index is 2.60. The molecule has 1 aromatic heterocycles. The Morgan fingerprint density at radius 2 is 1.90 bits per heavy atom. The molecule has 0 bridgehead atoms. The van der Waals surface area contributed by atoms with Crippen LogP contribution < -0.4 is 0 Å². The lowest BCUT2D eigenvalue weighted by Crippen LogP contribution is -2.32. The van der Waals surface area contributed by atoms with Gasteiger partial charge in [-0.05, 0) is 12.8 Å². The molecule has 0 radical (unpaired) electrons. The van der Waals surface area contributed by atoms with E-state index in [1.807, 2.05) is 13.8 Å². The summed E-state index contributed by atoms with van der Waals surface area (Å²) in [6.45, 7) is 3.35. The normalized spacial score (nSPS) is 15.7. The summed E-state index contributed by atoms with van der Waals surface area (Å²) in [6, 6.07) is 0. The molecule has 0 aliphatic heterocycles. The molecule has 122 valence electrons. The molecule has 21 heavy (non-hydrogen) atoms. The quantitative estimate of drug-likeness (QED) is 0.747. The highest BCUT2D eigenvalue weighted by molar-refractivity contribution is 4.97. The van der Waals surface area contributed by atoms with Gasteiger partial charge in [-0.2, -0.15) is 13.8 Å². The van der Waals surface area contributed by atoms with Gasteiger partial charge in [-0.25, -0.2) is 8.78 Å². The standard InChI is InChI=1S/C12H18F4N2O3/c1-6(2)9(7(3)19)10-17-8(18-21-10)4-20-5-12(15,16)11(13)14/h6-7,9,11,19H,4-5H2,1-3H3. The first-order chi connectivity index (χ1) is 9.65. The lowest BCUT2D eigenvalue weighted by molar-refractivity contribution is -0.168. The molecule has 1 aromatic rings. The van der Waals surface area contributed by atoms with Gasteiger partial charge in [0, 0.05) is 0 Å². The second kappa shape index (κ2) is 7.17. The van der Waals surface area contributed by atoms with E-state index in [9.17, 15) is 22.7 Å². The van der Waals surface area contributed by atoms with Crippen LogP contribution in [0.25, 0.3) is 0 Å². The van der Waals surface area contributed by atoms with E-state index in [0.29, 0.717) is 0 Å². The SMILES string of the molecule is CC(C)C(c1nc(COCC(F)(F)C(F)F)no1)C(C)O. The monoisotopic (exact) mass is 314 g/mol. The van der Waals surface area contributed by atoms with E-state index in [2.05, 4.69) is 14.9 Å². The number of aliphatic hydroxyl groups excluding tert-OH is 1. The van der Waals surface area contributed by atoms with Gasteiger partial charge < -0.3 is 14.4 Å². The zero-order valence-corrected chi connectivity index (χ0v) is 11.9. The molecule has 1 heterocycles. The maximum atomic E-state index is 12.6. The Bertz CT molecular complexity index is 430. The van der Waals surface area contributed by atoms with Crippen molar-refractivity contribution < 1.29 is 31.9 Å². The molecule has 5 nitrogen and oxygen atoms in total. The molecule has 0 saturated carbocycles. The second-order valence-electron chi connectivity index (χ2n) is 5.11. The van der Waals surface area contributed by atoms with E-state index in [4.69, 9.17) is 4.52 Å². The van der Waals surface area contributed by atoms with Gasteiger partial charge in [-0.15, -0.1) is 0 Å². The topological polar surface area (TPSA) is 68.4 Å². The molecular formula is C12H18F4N2O3. The van der Waals surface area contributed by atoms with E-state index in [1.54, 1.807) is 6.92 Å². The molecular weight excluding hydrogens is 296 g/mol. The predicted octanol–water partition coefficient (Wildman–Crippen LogP) is 2.61. The van der Waals surface area contributed by atoms with E-state index >= 15 is 0 Å². The zero-order valence-electron chi connectivity index (χ0n) is 11.9. The molecule has 2 atom stereocenters. The van der Waals surface area contributed by atoms with Crippen LogP contribution in [0.4, 0.5) is 17.6 Å². The summed E-state index contributed by atoms with van der Waals surface area (Å²) < 4.78 is 58.5. The van der Waals surface area contributed by atoms with Gasteiger partial charge in [0.15, 0.2) is 5.82 Å². The number of nitrogens with zero attached hydrogens (tertiary/aromatic N) is 2. The number of aromatic nitrogens is 2. The van der Waals surface area contributed by atoms with Crippen molar-refractivity contribution in [3.63, 3.8) is 0 Å². The Morgan fingerprint density at radius 1 is 1.29 bits per heavy atom. The summed E-state index contributed by atoms with van der Waals surface area (Å²) in [5, 5.41) is 13.2. The maximum absolute atomic E-state index is 12.6. The Morgan fingerprint density at radius 3 is 2.38 bits per heavy atom. The number of aliphatic hydroxyl groups is 1. The van der Waals surface area contributed by atoms with Crippen molar-refractivity contribution in [3.8, 4) is 0 Å². The van der Waals surface area contributed by atoms with Crippen molar-refractivity contribution in [2.75, 3.05) is 6.61 Å². The molecule has 9 heteroatoms. The first-order valence-electron chi connectivity index (χ1n) is 6.39. The Labute approximate surface area is 119 Å². The number of hydrogen-bond acceptors (Lipinski definition) is 5. The molecule has 0 aromatic carbocycles. The third-order valence-electron chi connectivity index (χ3n) is 2.85. The second-order valence-corrected chi connectivity index (χ2v) is 5.11. The van der Waals surface area contributed by atoms with Gasteiger partial charge >= 0.3 is 12.3 Å². The van der Waals surface area contributed by atoms with Crippen LogP contribution in [-0.2, 0) is 11.3 Å². The van der Waals surface area contributed by atoms with Crippen molar-refractivity contribution >= 4 is 0 Å². The number of rotatable bonds is 8. The smallest absolute Gasteiger partial charge is 0.330 e. The number of halogens is 4. The van der Waals surface area contributed by atoms with Crippen LogP contribution >= 0.6 is 0 Å². The van der Waals surface area contributed by atoms with Crippen LogP contribution in [0.1, 0.15) is 38.4 Å².